The van der Waals surface area contributed by atoms with Crippen LogP contribution in [0.3, 0.4) is 0 Å². The summed E-state index contributed by atoms with van der Waals surface area (Å²) in [6, 6.07) is 0.478. The molecule has 0 saturated heterocycles. The molecule has 0 aromatic carbocycles. The number of allylic oxidation sites excluding steroid dienone is 2. The van der Waals surface area contributed by atoms with Crippen LogP contribution in [0.1, 0.15) is 67.2 Å². The molecule has 0 fully saturated rings. The van der Waals surface area contributed by atoms with Gasteiger partial charge in [-0.1, -0.05) is 46.8 Å². The molecule has 194 valence electrons. The number of unbranched alkanes of at least 4 members (excludes halogenated alkanes) is 1. The lowest BCUT2D eigenvalue weighted by Gasteiger charge is -2.42. The van der Waals surface area contributed by atoms with E-state index in [1.165, 1.54) is 6.08 Å². The third kappa shape index (κ3) is 9.46. The summed E-state index contributed by atoms with van der Waals surface area (Å²) < 4.78 is 93.4. The molecule has 0 radical (unpaired) electrons. The average Bonchev–Trinajstić information content (AvgIpc) is 2.69. The molecule has 0 N–H and O–H groups in total. The van der Waals surface area contributed by atoms with Crippen LogP contribution in [-0.2, 0) is 14.0 Å². The SMILES string of the molecule is CCOC(=O)/C=C\CCCC(C)(C)C/C=C\C(O[Si](CC)(CC)CC)(C(F)(F)F)C(F)(F)F. The zero-order valence-corrected chi connectivity index (χ0v) is 21.5. The number of halogens is 6. The number of rotatable bonds is 14. The molecule has 0 spiro atoms. The smallest absolute Gasteiger partial charge is 0.429 e. The lowest BCUT2D eigenvalue weighted by atomic mass is 9.83. The maximum Gasteiger partial charge on any atom is 0.429 e. The van der Waals surface area contributed by atoms with Crippen LogP contribution in [0.4, 0.5) is 26.3 Å². The van der Waals surface area contributed by atoms with E-state index >= 15 is 0 Å². The van der Waals surface area contributed by atoms with Crippen molar-refractivity contribution in [1.82, 2.24) is 0 Å². The first-order valence-corrected chi connectivity index (χ1v) is 13.9. The van der Waals surface area contributed by atoms with E-state index in [4.69, 9.17) is 9.16 Å². The summed E-state index contributed by atoms with van der Waals surface area (Å²) in [5, 5.41) is 0. The Balaban J connectivity index is 5.57. The Bertz CT molecular complexity index is 627. The van der Waals surface area contributed by atoms with Crippen molar-refractivity contribution in [1.29, 1.82) is 0 Å². The van der Waals surface area contributed by atoms with E-state index in [1.54, 1.807) is 47.6 Å². The van der Waals surface area contributed by atoms with Gasteiger partial charge in [0, 0.05) is 6.08 Å². The highest BCUT2D eigenvalue weighted by molar-refractivity contribution is 6.73. The Morgan fingerprint density at radius 2 is 1.39 bits per heavy atom. The largest absolute Gasteiger partial charge is 0.463 e. The highest BCUT2D eigenvalue weighted by Crippen LogP contribution is 2.50. The minimum atomic E-state index is -5.64. The first-order chi connectivity index (χ1) is 15.1. The van der Waals surface area contributed by atoms with Gasteiger partial charge in [-0.15, -0.1) is 0 Å². The average molecular weight is 505 g/mol. The number of ether oxygens (including phenoxy) is 1. The van der Waals surface area contributed by atoms with Gasteiger partial charge in [0.15, 0.2) is 8.32 Å². The van der Waals surface area contributed by atoms with Crippen LogP contribution >= 0.6 is 0 Å². The Morgan fingerprint density at radius 3 is 1.82 bits per heavy atom. The van der Waals surface area contributed by atoms with Gasteiger partial charge in [0.2, 0.25) is 0 Å². The van der Waals surface area contributed by atoms with Gasteiger partial charge in [0.05, 0.1) is 6.61 Å². The molecule has 0 aliphatic rings. The molecule has 0 heterocycles. The molecular weight excluding hydrogens is 466 g/mol. The first-order valence-electron chi connectivity index (χ1n) is 11.4. The molecular formula is C23H38F6O3Si. The zero-order chi connectivity index (χ0) is 26.0. The molecule has 0 aromatic rings. The van der Waals surface area contributed by atoms with Crippen LogP contribution in [0.5, 0.6) is 0 Å². The number of alkyl halides is 6. The third-order valence-corrected chi connectivity index (χ3v) is 10.6. The van der Waals surface area contributed by atoms with Gasteiger partial charge in [-0.2, -0.15) is 26.3 Å². The maximum atomic E-state index is 13.9. The van der Waals surface area contributed by atoms with Crippen LogP contribution in [0.15, 0.2) is 24.3 Å². The molecule has 0 atom stereocenters. The van der Waals surface area contributed by atoms with E-state index < -0.39 is 37.7 Å². The van der Waals surface area contributed by atoms with Gasteiger partial charge in [-0.05, 0) is 62.2 Å². The van der Waals surface area contributed by atoms with Gasteiger partial charge in [-0.25, -0.2) is 4.79 Å². The standard InChI is InChI=1S/C23H38F6O3Si/c1-7-31-19(30)15-12-11-13-16-20(5,6)17-14-18-21(22(24,25)26,23(27,28)29)32-33(8-2,9-3)10-4/h12,14-15,18H,7-11,13,16-17H2,1-6H3/b15-12-,18-14-. The van der Waals surface area contributed by atoms with Gasteiger partial charge in [0.1, 0.15) is 0 Å². The third-order valence-electron chi connectivity index (χ3n) is 5.94. The minimum Gasteiger partial charge on any atom is -0.463 e. The molecule has 0 aromatic heterocycles. The molecule has 0 aliphatic heterocycles. The van der Waals surface area contributed by atoms with Crippen molar-refractivity contribution < 1.29 is 40.3 Å². The Kier molecular flexibility index (Phi) is 12.5. The molecule has 3 nitrogen and oxygen atoms in total. The van der Waals surface area contributed by atoms with E-state index in [-0.39, 0.29) is 37.2 Å². The summed E-state index contributed by atoms with van der Waals surface area (Å²) in [5.41, 5.74) is -4.85. The molecule has 10 heteroatoms. The van der Waals surface area contributed by atoms with Crippen LogP contribution < -0.4 is 0 Å². The van der Waals surface area contributed by atoms with E-state index in [1.807, 2.05) is 0 Å². The Morgan fingerprint density at radius 1 is 0.879 bits per heavy atom. The fourth-order valence-electron chi connectivity index (χ4n) is 3.52. The lowest BCUT2D eigenvalue weighted by Crippen LogP contribution is -2.62. The van der Waals surface area contributed by atoms with E-state index in [9.17, 15) is 31.1 Å². The number of esters is 1. The van der Waals surface area contributed by atoms with Crippen LogP contribution in [-0.4, -0.2) is 38.8 Å². The zero-order valence-electron chi connectivity index (χ0n) is 20.5. The predicted octanol–water partition coefficient (Wildman–Crippen LogP) is 8.13. The predicted molar refractivity (Wildman–Crippen MR) is 120 cm³/mol. The van der Waals surface area contributed by atoms with Crippen molar-refractivity contribution in [2.24, 2.45) is 5.41 Å². The summed E-state index contributed by atoms with van der Waals surface area (Å²) >= 11 is 0. The monoisotopic (exact) mass is 504 g/mol. The Labute approximate surface area is 194 Å². The van der Waals surface area contributed by atoms with Crippen LogP contribution in [0.2, 0.25) is 18.1 Å². The molecule has 0 aliphatic carbocycles. The fourth-order valence-corrected chi connectivity index (χ4v) is 6.44. The second-order valence-electron chi connectivity index (χ2n) is 8.89. The quantitative estimate of drug-likeness (QED) is 0.0598. The van der Waals surface area contributed by atoms with Crippen molar-refractivity contribution in [3.63, 3.8) is 0 Å². The van der Waals surface area contributed by atoms with Crippen molar-refractivity contribution in [3.8, 4) is 0 Å². The summed E-state index contributed by atoms with van der Waals surface area (Å²) in [7, 11) is -3.25. The van der Waals surface area contributed by atoms with Crippen molar-refractivity contribution >= 4 is 14.3 Å². The molecule has 0 saturated carbocycles. The lowest BCUT2D eigenvalue weighted by molar-refractivity contribution is -0.341. The fraction of sp³-hybridized carbons (Fsp3) is 0.783. The number of carbonyl (C=O) groups excluding carboxylic acids is 1. The number of carbonyl (C=O) groups is 1. The summed E-state index contributed by atoms with van der Waals surface area (Å²) in [6.45, 7) is 10.3. The molecule has 0 unspecified atom stereocenters. The number of hydrogen-bond donors (Lipinski definition) is 0. The molecule has 0 bridgehead atoms. The van der Waals surface area contributed by atoms with Crippen LogP contribution in [0.25, 0.3) is 0 Å². The highest BCUT2D eigenvalue weighted by atomic mass is 28.4. The van der Waals surface area contributed by atoms with E-state index in [0.29, 0.717) is 19.3 Å². The summed E-state index contributed by atoms with van der Waals surface area (Å²) in [6.07, 6.45) is -5.47. The summed E-state index contributed by atoms with van der Waals surface area (Å²) in [5.74, 6) is -0.457. The van der Waals surface area contributed by atoms with Crippen molar-refractivity contribution in [3.05, 3.63) is 24.3 Å². The topological polar surface area (TPSA) is 35.5 Å². The highest BCUT2D eigenvalue weighted by Gasteiger charge is 2.72. The van der Waals surface area contributed by atoms with E-state index in [0.717, 1.165) is 6.08 Å². The number of hydrogen-bond acceptors (Lipinski definition) is 3. The minimum absolute atomic E-state index is 0.0186. The molecule has 0 rings (SSSR count). The van der Waals surface area contributed by atoms with E-state index in [2.05, 4.69) is 0 Å². The first kappa shape index (κ1) is 31.7. The Hall–Kier alpha value is -1.29. The van der Waals surface area contributed by atoms with Gasteiger partial charge >= 0.3 is 18.3 Å². The summed E-state index contributed by atoms with van der Waals surface area (Å²) in [4.78, 5) is 11.3. The molecule has 0 amide bonds. The van der Waals surface area contributed by atoms with Crippen molar-refractivity contribution in [2.75, 3.05) is 6.61 Å². The maximum absolute atomic E-state index is 13.9. The molecule has 33 heavy (non-hydrogen) atoms. The van der Waals surface area contributed by atoms with Gasteiger partial charge in [-0.3, -0.25) is 0 Å². The normalized spacial score (nSPS) is 14.4. The van der Waals surface area contributed by atoms with Crippen LogP contribution in [0, 0.1) is 5.41 Å². The second kappa shape index (κ2) is 13.0. The van der Waals surface area contributed by atoms with Gasteiger partial charge < -0.3 is 9.16 Å². The second-order valence-corrected chi connectivity index (χ2v) is 13.6. The van der Waals surface area contributed by atoms with Crippen molar-refractivity contribution in [2.45, 2.75) is 103 Å². The van der Waals surface area contributed by atoms with Gasteiger partial charge in [0.25, 0.3) is 5.60 Å².